The Morgan fingerprint density at radius 2 is 1.78 bits per heavy atom. The number of carbonyl (C=O) groups is 4. The van der Waals surface area contributed by atoms with Crippen LogP contribution in [-0.4, -0.2) is 64.2 Å². The van der Waals surface area contributed by atoms with E-state index in [4.69, 9.17) is 0 Å². The zero-order valence-corrected chi connectivity index (χ0v) is 17.2. The Kier molecular flexibility index (Phi) is 6.22. The molecule has 9 nitrogen and oxygen atoms in total. The average Bonchev–Trinajstić information content (AvgIpc) is 3.31. The van der Waals surface area contributed by atoms with E-state index in [2.05, 4.69) is 15.4 Å². The summed E-state index contributed by atoms with van der Waals surface area (Å²) in [6, 6.07) is 2.25. The van der Waals surface area contributed by atoms with Crippen LogP contribution in [0, 0.1) is 5.82 Å². The molecule has 3 N–H and O–H groups in total. The van der Waals surface area contributed by atoms with Crippen molar-refractivity contribution in [3.8, 4) is 0 Å². The zero-order valence-electron chi connectivity index (χ0n) is 17.2. The minimum Gasteiger partial charge on any atom is -0.434 e. The van der Waals surface area contributed by atoms with Crippen molar-refractivity contribution in [2.24, 2.45) is 0 Å². The first-order chi connectivity index (χ1) is 15.3. The molecular weight excluding hydrogens is 421 g/mol. The number of cyclic esters (lactones) is 1. The highest BCUT2D eigenvalue weighted by molar-refractivity contribution is 5.98. The van der Waals surface area contributed by atoms with Gasteiger partial charge in [0.05, 0.1) is 6.42 Å². The predicted octanol–water partition coefficient (Wildman–Crippen LogP) is 0.384. The SMILES string of the molecule is O=C1CC(NC(=O)[C@@H]2CC[C@H]3C/C=C\C[C@H](NC(=O)c4ccc(F)cc4)C(=O)N32)C(O)O1. The van der Waals surface area contributed by atoms with Crippen molar-refractivity contribution < 1.29 is 33.4 Å². The summed E-state index contributed by atoms with van der Waals surface area (Å²) >= 11 is 0. The van der Waals surface area contributed by atoms with E-state index in [-0.39, 0.29) is 30.4 Å². The third-order valence-corrected chi connectivity index (χ3v) is 6.03. The van der Waals surface area contributed by atoms with Crippen LogP contribution in [0.4, 0.5) is 4.39 Å². The van der Waals surface area contributed by atoms with Crippen molar-refractivity contribution in [3.63, 3.8) is 0 Å². The van der Waals surface area contributed by atoms with Crippen molar-refractivity contribution in [2.45, 2.75) is 62.6 Å². The molecule has 32 heavy (non-hydrogen) atoms. The number of aliphatic hydroxyl groups is 1. The van der Waals surface area contributed by atoms with E-state index < -0.39 is 48.0 Å². The van der Waals surface area contributed by atoms with E-state index >= 15 is 0 Å². The third kappa shape index (κ3) is 4.50. The van der Waals surface area contributed by atoms with Crippen molar-refractivity contribution >= 4 is 23.7 Å². The first-order valence-electron chi connectivity index (χ1n) is 10.5. The Morgan fingerprint density at radius 1 is 1.06 bits per heavy atom. The van der Waals surface area contributed by atoms with Gasteiger partial charge in [-0.25, -0.2) is 4.39 Å². The van der Waals surface area contributed by atoms with Gasteiger partial charge in [-0.2, -0.15) is 0 Å². The van der Waals surface area contributed by atoms with Gasteiger partial charge in [0.1, 0.15) is 23.9 Å². The molecule has 10 heteroatoms. The summed E-state index contributed by atoms with van der Waals surface area (Å²) in [5.74, 6) is -2.45. The minimum atomic E-state index is -1.42. The smallest absolute Gasteiger partial charge is 0.310 e. The Bertz CT molecular complexity index is 949. The lowest BCUT2D eigenvalue weighted by molar-refractivity contribution is -0.155. The lowest BCUT2D eigenvalue weighted by atomic mass is 10.0. The van der Waals surface area contributed by atoms with Gasteiger partial charge in [-0.05, 0) is 49.9 Å². The molecule has 170 valence electrons. The van der Waals surface area contributed by atoms with E-state index in [0.29, 0.717) is 19.3 Å². The van der Waals surface area contributed by atoms with Gasteiger partial charge in [0.25, 0.3) is 5.91 Å². The number of rotatable bonds is 4. The van der Waals surface area contributed by atoms with Gasteiger partial charge in [0.15, 0.2) is 0 Å². The standard InChI is InChI=1S/C22H24FN3O6/c23-13-7-5-12(6-8-13)19(28)24-15-4-2-1-3-14-9-10-17(26(14)21(15)30)20(29)25-16-11-18(27)32-22(16)31/h1-2,5-8,14-17,22,31H,3-4,9-11H2,(H,24,28)(H,25,29)/b2-1-/t14-,15+,16?,17+,22?/m1/s1. The molecule has 0 spiro atoms. The second-order valence-corrected chi connectivity index (χ2v) is 8.17. The molecule has 0 aliphatic carbocycles. The van der Waals surface area contributed by atoms with Gasteiger partial charge in [-0.15, -0.1) is 0 Å². The summed E-state index contributed by atoms with van der Waals surface area (Å²) in [6.07, 6.45) is 4.06. The number of aliphatic hydroxyl groups excluding tert-OH is 1. The number of hydrogen-bond donors (Lipinski definition) is 3. The predicted molar refractivity (Wildman–Crippen MR) is 108 cm³/mol. The molecule has 3 amide bonds. The largest absolute Gasteiger partial charge is 0.434 e. The number of carbonyl (C=O) groups excluding carboxylic acids is 4. The van der Waals surface area contributed by atoms with E-state index in [1.54, 1.807) is 0 Å². The van der Waals surface area contributed by atoms with Crippen LogP contribution in [-0.2, 0) is 19.1 Å². The highest BCUT2D eigenvalue weighted by Crippen LogP contribution is 2.30. The van der Waals surface area contributed by atoms with Crippen molar-refractivity contribution in [1.29, 1.82) is 0 Å². The molecule has 5 atom stereocenters. The molecule has 3 aliphatic rings. The molecule has 1 aromatic carbocycles. The second-order valence-electron chi connectivity index (χ2n) is 8.17. The Labute approximate surface area is 183 Å². The molecule has 0 radical (unpaired) electrons. The topological polar surface area (TPSA) is 125 Å². The molecule has 0 bridgehead atoms. The van der Waals surface area contributed by atoms with Crippen LogP contribution in [0.2, 0.25) is 0 Å². The van der Waals surface area contributed by atoms with Crippen LogP contribution in [0.5, 0.6) is 0 Å². The first kappa shape index (κ1) is 21.9. The van der Waals surface area contributed by atoms with Gasteiger partial charge in [0, 0.05) is 11.6 Å². The molecule has 2 fully saturated rings. The highest BCUT2D eigenvalue weighted by atomic mass is 19.1. The highest BCUT2D eigenvalue weighted by Gasteiger charge is 2.45. The molecule has 3 heterocycles. The number of hydrogen-bond acceptors (Lipinski definition) is 6. The van der Waals surface area contributed by atoms with Gasteiger partial charge in [-0.3, -0.25) is 19.2 Å². The molecule has 1 aromatic rings. The monoisotopic (exact) mass is 445 g/mol. The van der Waals surface area contributed by atoms with Crippen LogP contribution < -0.4 is 10.6 Å². The number of nitrogens with zero attached hydrogens (tertiary/aromatic N) is 1. The van der Waals surface area contributed by atoms with E-state index in [1.807, 2.05) is 12.2 Å². The summed E-state index contributed by atoms with van der Waals surface area (Å²) < 4.78 is 17.8. The summed E-state index contributed by atoms with van der Waals surface area (Å²) in [5, 5.41) is 15.1. The Balaban J connectivity index is 1.49. The maximum atomic E-state index is 13.4. The zero-order chi connectivity index (χ0) is 22.8. The van der Waals surface area contributed by atoms with Crippen molar-refractivity contribution in [2.75, 3.05) is 0 Å². The maximum Gasteiger partial charge on any atom is 0.310 e. The van der Waals surface area contributed by atoms with Gasteiger partial charge >= 0.3 is 5.97 Å². The minimum absolute atomic E-state index is 0.143. The third-order valence-electron chi connectivity index (χ3n) is 6.03. The number of benzene rings is 1. The van der Waals surface area contributed by atoms with Gasteiger partial charge < -0.3 is 25.4 Å². The summed E-state index contributed by atoms with van der Waals surface area (Å²) in [5.41, 5.74) is 0.220. The van der Waals surface area contributed by atoms with Gasteiger partial charge in [-0.1, -0.05) is 12.2 Å². The quantitative estimate of drug-likeness (QED) is 0.455. The first-order valence-corrected chi connectivity index (χ1v) is 10.5. The molecule has 3 aliphatic heterocycles. The number of nitrogens with one attached hydrogen (secondary N) is 2. The average molecular weight is 445 g/mol. The van der Waals surface area contributed by atoms with Crippen molar-refractivity contribution in [1.82, 2.24) is 15.5 Å². The van der Waals surface area contributed by atoms with Crippen LogP contribution in [0.25, 0.3) is 0 Å². The van der Waals surface area contributed by atoms with E-state index in [1.165, 1.54) is 17.0 Å². The summed E-state index contributed by atoms with van der Waals surface area (Å²) in [7, 11) is 0. The van der Waals surface area contributed by atoms with Crippen LogP contribution in [0.15, 0.2) is 36.4 Å². The number of halogens is 1. The van der Waals surface area contributed by atoms with E-state index in [9.17, 15) is 28.7 Å². The fourth-order valence-electron chi connectivity index (χ4n) is 4.38. The lowest BCUT2D eigenvalue weighted by Gasteiger charge is -2.34. The molecule has 2 saturated heterocycles. The molecular formula is C22H24FN3O6. The van der Waals surface area contributed by atoms with Gasteiger partial charge in [0.2, 0.25) is 18.1 Å². The summed E-state index contributed by atoms with van der Waals surface area (Å²) in [4.78, 5) is 51.7. The Hall–Kier alpha value is -3.27. The second kappa shape index (κ2) is 9.07. The van der Waals surface area contributed by atoms with Crippen LogP contribution >= 0.6 is 0 Å². The van der Waals surface area contributed by atoms with Crippen molar-refractivity contribution in [3.05, 3.63) is 47.8 Å². The lowest BCUT2D eigenvalue weighted by Crippen LogP contribution is -2.57. The summed E-state index contributed by atoms with van der Waals surface area (Å²) in [6.45, 7) is 0. The van der Waals surface area contributed by atoms with Crippen LogP contribution in [0.1, 0.15) is 42.5 Å². The molecule has 0 aromatic heterocycles. The molecule has 2 unspecified atom stereocenters. The number of amides is 3. The number of esters is 1. The van der Waals surface area contributed by atoms with E-state index in [0.717, 1.165) is 12.1 Å². The fraction of sp³-hybridized carbons (Fsp3) is 0.455. The number of fused-ring (bicyclic) bond motifs is 1. The Morgan fingerprint density at radius 3 is 2.47 bits per heavy atom. The normalized spacial score (nSPS) is 30.7. The fourth-order valence-corrected chi connectivity index (χ4v) is 4.38. The maximum absolute atomic E-state index is 13.4. The molecule has 0 saturated carbocycles. The van der Waals surface area contributed by atoms with Crippen LogP contribution in [0.3, 0.4) is 0 Å². The number of ether oxygens (including phenoxy) is 1. The molecule has 4 rings (SSSR count).